The SMILES string of the molecule is C.C.C.C.CCN(CC)CCN(C)c1ccc(Br)c2sc3ccncc3c(=O)c12.CCN(CC)CCN(C)c1cccc2sc3ccncc3c(=O)c12.CCN(CC)CCNC.Cc1cc(C)c(N2C=[N+](c3c(C)cc(C)cc3C)CC2)c(C)c1.Cl.Fc1ccc(Br)c(S)c1.O=C(O)c1cnccc1Cl.O=C(O)c1cnccc1Sc1cc(F)ccc1Br.O=S(Cl)Cl.O=c1c2cnccc2sc2c(Br)ccc(F)c12.[Cl-]. The van der Waals surface area contributed by atoms with Crippen LogP contribution in [0.4, 0.5) is 35.9 Å². The lowest BCUT2D eigenvalue weighted by Crippen LogP contribution is -3.00. The number of fused-ring (bicyclic) bond motifs is 6. The quantitative estimate of drug-likeness (QED) is 0.0201. The van der Waals surface area contributed by atoms with Gasteiger partial charge in [0.05, 0.1) is 57.9 Å². The van der Waals surface area contributed by atoms with E-state index in [2.05, 4.69) is 290 Å². The van der Waals surface area contributed by atoms with Crippen molar-refractivity contribution in [1.82, 2.24) is 44.9 Å². The summed E-state index contributed by atoms with van der Waals surface area (Å²) in [6.07, 6.45) is 17.6. The lowest BCUT2D eigenvalue weighted by Gasteiger charge is -2.25. The summed E-state index contributed by atoms with van der Waals surface area (Å²) in [6, 6.07) is 39.4. The number of nitrogens with one attached hydrogen (secondary N) is 1. The van der Waals surface area contributed by atoms with Crippen molar-refractivity contribution in [3.05, 3.63) is 311 Å². The van der Waals surface area contributed by atoms with Gasteiger partial charge >= 0.3 is 11.9 Å². The molecule has 39 heteroatoms. The molecule has 8 aromatic heterocycles. The van der Waals surface area contributed by atoms with Gasteiger partial charge < -0.3 is 52.4 Å². The Balaban J connectivity index is 0.000000566. The molecule has 3 N–H and O–H groups in total. The number of carboxylic acid groups (broad SMARTS) is 2. The fourth-order valence-corrected chi connectivity index (χ4v) is 21.4. The van der Waals surface area contributed by atoms with Gasteiger partial charge in [-0.2, -0.15) is 0 Å². The molecule has 0 amide bonds. The molecular formula is C106H127Br4Cl5F3N13O8S6. The molecule has 1 aliphatic rings. The fourth-order valence-electron chi connectivity index (χ4n) is 15.0. The van der Waals surface area contributed by atoms with Gasteiger partial charge in [-0.15, -0.1) is 59.0 Å². The topological polar surface area (TPSA) is 242 Å². The largest absolute Gasteiger partial charge is 1.00 e. The molecule has 0 bridgehead atoms. The normalized spacial score (nSPS) is 10.9. The Morgan fingerprint density at radius 1 is 0.510 bits per heavy atom. The van der Waals surface area contributed by atoms with Crippen LogP contribution in [0.5, 0.6) is 0 Å². The molecule has 145 heavy (non-hydrogen) atoms. The van der Waals surface area contributed by atoms with Gasteiger partial charge in [0.25, 0.3) is 0 Å². The molecule has 0 saturated heterocycles. The number of nitrogens with zero attached hydrogens (tertiary/aromatic N) is 12. The average molecular weight is 2460 g/mol. The van der Waals surface area contributed by atoms with Gasteiger partial charge in [-0.1, -0.05) is 136 Å². The maximum Gasteiger partial charge on any atom is 0.338 e. The van der Waals surface area contributed by atoms with E-state index >= 15 is 0 Å². The van der Waals surface area contributed by atoms with E-state index in [4.69, 9.17) is 26.0 Å². The summed E-state index contributed by atoms with van der Waals surface area (Å²) >= 11 is 28.8. The number of pyridine rings is 5. The minimum Gasteiger partial charge on any atom is -1.00 e. The number of rotatable bonds is 23. The van der Waals surface area contributed by atoms with Crippen LogP contribution in [0.15, 0.2) is 242 Å². The number of aromatic carboxylic acids is 2. The molecule has 1 aliphatic heterocycles. The Labute approximate surface area is 934 Å². The van der Waals surface area contributed by atoms with Crippen LogP contribution in [0.1, 0.15) is 125 Å². The predicted molar refractivity (Wildman–Crippen MR) is 630 cm³/mol. The highest BCUT2D eigenvalue weighted by molar-refractivity contribution is 9.11. The average Bonchev–Trinajstić information content (AvgIpc) is 1.79. The standard InChI is InChI=1S/C21H27N2.C19H22BrN3OS.C19H23N3OS.C12H7BrFNO2S.C12H5BrFNOS.C7H18N2.C6H4BrFS.C6H4ClNO2.4CH4.Cl2OS.2ClH/c1-14-9-16(3)20(17(4)10-14)22-7-8-23(13-22)21-18(5)11-15(2)12-19(21)6;1-4-23(5-2)11-10-22(3)15-7-6-14(20)19-17(15)18(24)13-12-21-9-8-16(13)25-19;1-4-22(5-2)12-11-21(3)15-7-6-8-17-18(15)19(23)14-13-20-10-9-16(14)24-17;13-9-2-1-7(14)5-11(9)18-10-3-4-15-6-8(10)12(16)17;13-7-1-2-8(14)10-11(16)6-5-15-4-3-9(6)17-12(7)10;1-4-9(5-2)7-6-8-3;7-5-2-1-4(8)3-6(5)9;7-5-1-2-8-3-4(5)6(9)10;;;;;1-4(2)3;;/h9-13H,7-8H2,1-6H3;6-9,12H,4-5,10-11H2,1-3H3;6-10,13H,4-5,11-12H2,1-3H3;1-6H,(H,16,17);1-5H;8H,4-7H2,1-3H3;1-3,9H;1-3H,(H,9,10);4*1H4;;2*1H/q+1;;;;;;;;;;;;;;/p-1. The molecule has 0 radical (unpaired) electrons. The van der Waals surface area contributed by atoms with Crippen LogP contribution in [0.2, 0.25) is 5.02 Å². The van der Waals surface area contributed by atoms with Crippen molar-refractivity contribution in [2.45, 2.75) is 127 Å². The summed E-state index contributed by atoms with van der Waals surface area (Å²) in [6.45, 7) is 40.9. The molecule has 0 atom stereocenters. The first-order valence-corrected chi connectivity index (χ1v) is 54.1. The van der Waals surface area contributed by atoms with E-state index in [0.29, 0.717) is 40.0 Å². The number of carboxylic acids is 2. The summed E-state index contributed by atoms with van der Waals surface area (Å²) in [7, 11) is 13.5. The highest BCUT2D eigenvalue weighted by atomic mass is 79.9. The van der Waals surface area contributed by atoms with Crippen LogP contribution in [-0.4, -0.2) is 190 Å². The molecule has 784 valence electrons. The molecule has 15 aromatic rings. The van der Waals surface area contributed by atoms with Crippen molar-refractivity contribution < 1.29 is 54.2 Å². The van der Waals surface area contributed by atoms with Crippen LogP contribution >= 0.6 is 167 Å². The summed E-state index contributed by atoms with van der Waals surface area (Å²) in [4.78, 5) is 94.8. The number of thiol groups is 1. The van der Waals surface area contributed by atoms with Crippen LogP contribution in [0, 0.1) is 59.0 Å². The second-order valence-electron chi connectivity index (χ2n) is 31.4. The Morgan fingerprint density at radius 3 is 1.38 bits per heavy atom. The van der Waals surface area contributed by atoms with Gasteiger partial charge in [0.2, 0.25) is 15.6 Å². The first-order chi connectivity index (χ1) is 66.3. The van der Waals surface area contributed by atoms with Crippen molar-refractivity contribution in [2.24, 2.45) is 0 Å². The van der Waals surface area contributed by atoms with E-state index in [0.717, 1.165) is 144 Å². The number of aromatic nitrogens is 5. The molecular weight excluding hydrogens is 2330 g/mol. The summed E-state index contributed by atoms with van der Waals surface area (Å²) < 4.78 is 59.3. The lowest BCUT2D eigenvalue weighted by molar-refractivity contribution is -0.425. The second kappa shape index (κ2) is 66.4. The van der Waals surface area contributed by atoms with Crippen molar-refractivity contribution >= 4 is 278 Å². The van der Waals surface area contributed by atoms with Crippen molar-refractivity contribution in [3.8, 4) is 0 Å². The molecule has 0 saturated carbocycles. The van der Waals surface area contributed by atoms with E-state index in [1.54, 1.807) is 84.0 Å². The van der Waals surface area contributed by atoms with Crippen LogP contribution in [0.3, 0.4) is 0 Å². The van der Waals surface area contributed by atoms with Gasteiger partial charge in [-0.3, -0.25) is 39.3 Å². The molecule has 16 rings (SSSR count). The first kappa shape index (κ1) is 133. The Hall–Kier alpha value is -8.18. The van der Waals surface area contributed by atoms with Gasteiger partial charge in [-0.25, -0.2) is 36.4 Å². The Kier molecular flexibility index (Phi) is 60.8. The van der Waals surface area contributed by atoms with Crippen molar-refractivity contribution in [2.75, 3.05) is 127 Å². The number of likely N-dealkylation sites (N-methyl/N-ethyl adjacent to an activating group) is 6. The highest BCUT2D eigenvalue weighted by Crippen LogP contribution is 2.40. The molecule has 9 heterocycles. The Morgan fingerprint density at radius 2 is 0.917 bits per heavy atom. The van der Waals surface area contributed by atoms with E-state index in [1.807, 2.05) is 49.5 Å². The third-order valence-electron chi connectivity index (χ3n) is 22.0. The van der Waals surface area contributed by atoms with Gasteiger partial charge in [-0.05, 0) is 277 Å². The molecule has 0 fully saturated rings. The molecule has 7 aromatic carbocycles. The number of hydrogen-bond donors (Lipinski definition) is 4. The second-order valence-corrected chi connectivity index (χ2v) is 42.5. The van der Waals surface area contributed by atoms with E-state index in [1.165, 1.54) is 142 Å². The summed E-state index contributed by atoms with van der Waals surface area (Å²) in [5, 5.41) is 24.4. The van der Waals surface area contributed by atoms with E-state index in [9.17, 15) is 37.1 Å². The summed E-state index contributed by atoms with van der Waals surface area (Å²) in [5.74, 6) is -3.23. The highest BCUT2D eigenvalue weighted by Gasteiger charge is 2.28. The molecule has 0 spiro atoms. The minimum atomic E-state index is -1.67. The van der Waals surface area contributed by atoms with Crippen LogP contribution < -0.4 is 48.7 Å². The van der Waals surface area contributed by atoms with Crippen molar-refractivity contribution in [1.29, 1.82) is 0 Å². The van der Waals surface area contributed by atoms with E-state index < -0.39 is 27.0 Å². The van der Waals surface area contributed by atoms with Crippen LogP contribution in [-0.2, 0) is 9.23 Å². The van der Waals surface area contributed by atoms with Gasteiger partial charge in [0, 0.05) is 199 Å². The number of hydrogen-bond acceptors (Lipinski definition) is 23. The Bertz CT molecular complexity index is 6980. The smallest absolute Gasteiger partial charge is 0.338 e. The fraction of sp³-hybridized carbons (Fsp3) is 0.311. The predicted octanol–water partition coefficient (Wildman–Crippen LogP) is 26.1. The minimum absolute atomic E-state index is 0. The monoisotopic (exact) mass is 2450 g/mol. The molecule has 0 unspecified atom stereocenters. The number of anilines is 3. The zero-order valence-electron chi connectivity index (χ0n) is 80.2. The van der Waals surface area contributed by atoms with Gasteiger partial charge in [0.1, 0.15) is 41.9 Å². The lowest BCUT2D eigenvalue weighted by atomic mass is 10.0. The maximum atomic E-state index is 13.7. The summed E-state index contributed by atoms with van der Waals surface area (Å²) in [5.41, 5.74) is 12.8. The molecule has 21 nitrogen and oxygen atoms in total. The third-order valence-corrected chi connectivity index (χ3v) is 31.2. The van der Waals surface area contributed by atoms with E-state index in [-0.39, 0.29) is 104 Å². The number of halogens is 12. The first-order valence-electron chi connectivity index (χ1n) is 44.1. The third kappa shape index (κ3) is 38.4. The number of carbonyl (C=O) groups is 2. The molecule has 0 aliphatic carbocycles. The zero-order chi connectivity index (χ0) is 102. The van der Waals surface area contributed by atoms with Crippen molar-refractivity contribution in [3.63, 3.8) is 0 Å². The number of benzene rings is 7. The zero-order valence-corrected chi connectivity index (χ0v) is 95.4. The number of aryl methyl sites for hydroxylation is 6. The van der Waals surface area contributed by atoms with Gasteiger partial charge in [0.15, 0.2) is 16.3 Å². The van der Waals surface area contributed by atoms with Crippen LogP contribution in [0.25, 0.3) is 60.5 Å². The maximum absolute atomic E-state index is 13.7.